The second-order valence-electron chi connectivity index (χ2n) is 7.68. The molecule has 3 heterocycles. The van der Waals surface area contributed by atoms with Gasteiger partial charge in [-0.3, -0.25) is 9.79 Å². The summed E-state index contributed by atoms with van der Waals surface area (Å²) in [5.41, 5.74) is 1.57. The minimum Gasteiger partial charge on any atom is -0.369 e. The van der Waals surface area contributed by atoms with Crippen molar-refractivity contribution in [3.8, 4) is 0 Å². The van der Waals surface area contributed by atoms with Crippen molar-refractivity contribution in [2.45, 2.75) is 24.5 Å². The van der Waals surface area contributed by atoms with E-state index in [1.165, 1.54) is 24.4 Å². The van der Waals surface area contributed by atoms with Crippen LogP contribution in [0.1, 0.15) is 24.3 Å². The molecule has 3 aliphatic heterocycles. The highest BCUT2D eigenvalue weighted by atomic mass is 19.1. The number of benzene rings is 2. The third-order valence-electron chi connectivity index (χ3n) is 5.89. The van der Waals surface area contributed by atoms with Crippen molar-refractivity contribution in [3.05, 3.63) is 53.6 Å². The van der Waals surface area contributed by atoms with Crippen LogP contribution < -0.4 is 10.2 Å². The van der Waals surface area contributed by atoms with Crippen molar-refractivity contribution in [3.63, 3.8) is 0 Å². The number of nitrogens with zero attached hydrogens (tertiary/aromatic N) is 2. The van der Waals surface area contributed by atoms with Gasteiger partial charge in [-0.05, 0) is 24.3 Å². The Labute approximate surface area is 172 Å². The lowest BCUT2D eigenvalue weighted by Gasteiger charge is -2.38. The van der Waals surface area contributed by atoms with Gasteiger partial charge in [0.1, 0.15) is 17.6 Å². The third kappa shape index (κ3) is 3.36. The molecule has 1 N–H and O–H groups in total. The monoisotopic (exact) mass is 413 g/mol. The average molecular weight is 413 g/mol. The predicted octanol–water partition coefficient (Wildman–Crippen LogP) is 3.75. The second kappa shape index (κ2) is 7.45. The molecule has 0 bridgehead atoms. The molecule has 6 nitrogen and oxygen atoms in total. The number of carbonyl (C=O) groups is 1. The van der Waals surface area contributed by atoms with Crippen LogP contribution in [0.5, 0.6) is 0 Å². The van der Waals surface area contributed by atoms with E-state index in [-0.39, 0.29) is 11.5 Å². The van der Waals surface area contributed by atoms with Crippen LogP contribution in [0.3, 0.4) is 0 Å². The summed E-state index contributed by atoms with van der Waals surface area (Å²) in [6, 6.07) is 9.18. The Hall–Kier alpha value is -2.84. The van der Waals surface area contributed by atoms with Crippen molar-refractivity contribution < 1.29 is 23.0 Å². The summed E-state index contributed by atoms with van der Waals surface area (Å²) in [4.78, 5) is 18.4. The molecule has 2 saturated heterocycles. The average Bonchev–Trinajstić information content (AvgIpc) is 3.32. The van der Waals surface area contributed by atoms with Crippen molar-refractivity contribution in [2.75, 3.05) is 36.5 Å². The van der Waals surface area contributed by atoms with E-state index in [1.807, 2.05) is 4.90 Å². The molecule has 0 radical (unpaired) electrons. The highest BCUT2D eigenvalue weighted by Gasteiger charge is 2.40. The topological polar surface area (TPSA) is 63.2 Å². The Morgan fingerprint density at radius 1 is 1.10 bits per heavy atom. The molecule has 1 amide bonds. The van der Waals surface area contributed by atoms with Crippen molar-refractivity contribution in [1.29, 1.82) is 0 Å². The van der Waals surface area contributed by atoms with E-state index in [9.17, 15) is 13.6 Å². The number of ether oxygens (including phenoxy) is 2. The highest BCUT2D eigenvalue weighted by molar-refractivity contribution is 6.12. The number of halogens is 2. The van der Waals surface area contributed by atoms with Gasteiger partial charge in [0.25, 0.3) is 0 Å². The van der Waals surface area contributed by atoms with Gasteiger partial charge in [-0.2, -0.15) is 0 Å². The van der Waals surface area contributed by atoms with Gasteiger partial charge in [0, 0.05) is 49.5 Å². The number of piperidine rings is 1. The van der Waals surface area contributed by atoms with E-state index >= 15 is 0 Å². The molecular weight excluding hydrogens is 392 g/mol. The fourth-order valence-electron chi connectivity index (χ4n) is 4.31. The maximum Gasteiger partial charge on any atom is 0.237 e. The van der Waals surface area contributed by atoms with E-state index in [1.54, 1.807) is 18.2 Å². The van der Waals surface area contributed by atoms with Crippen LogP contribution in [0.2, 0.25) is 0 Å². The van der Waals surface area contributed by atoms with E-state index in [0.717, 1.165) is 0 Å². The number of aliphatic imine (C=N–C) groups is 1. The van der Waals surface area contributed by atoms with Gasteiger partial charge in [0.2, 0.25) is 5.91 Å². The van der Waals surface area contributed by atoms with Crippen molar-refractivity contribution >= 4 is 29.2 Å². The molecule has 2 fully saturated rings. The molecule has 0 aliphatic carbocycles. The van der Waals surface area contributed by atoms with Gasteiger partial charge in [-0.15, -0.1) is 0 Å². The Balaban J connectivity index is 1.31. The van der Waals surface area contributed by atoms with Gasteiger partial charge >= 0.3 is 0 Å². The summed E-state index contributed by atoms with van der Waals surface area (Å²) >= 11 is 0. The molecule has 2 aromatic rings. The molecule has 156 valence electrons. The van der Waals surface area contributed by atoms with Crippen molar-refractivity contribution in [1.82, 2.24) is 0 Å². The van der Waals surface area contributed by atoms with Gasteiger partial charge in [0.05, 0.1) is 24.6 Å². The normalized spacial score (nSPS) is 22.7. The van der Waals surface area contributed by atoms with Gasteiger partial charge in [-0.25, -0.2) is 8.78 Å². The Bertz CT molecular complexity index is 1010. The summed E-state index contributed by atoms with van der Waals surface area (Å²) in [5.74, 6) is -2.56. The molecule has 3 aliphatic rings. The van der Waals surface area contributed by atoms with E-state index < -0.39 is 23.3 Å². The first-order valence-corrected chi connectivity index (χ1v) is 10.0. The predicted molar refractivity (Wildman–Crippen MR) is 108 cm³/mol. The first-order chi connectivity index (χ1) is 14.5. The minimum absolute atomic E-state index is 0.266. The fraction of sp³-hybridized carbons (Fsp3) is 0.364. The first kappa shape index (κ1) is 19.1. The Kier molecular flexibility index (Phi) is 4.75. The zero-order chi connectivity index (χ0) is 20.7. The smallest absolute Gasteiger partial charge is 0.237 e. The van der Waals surface area contributed by atoms with Crippen LogP contribution in [0.25, 0.3) is 0 Å². The number of rotatable bonds is 3. The number of carbonyl (C=O) groups excluding carboxylic acids is 1. The molecule has 0 saturated carbocycles. The summed E-state index contributed by atoms with van der Waals surface area (Å²) in [6.07, 6.45) is 2.74. The number of anilines is 2. The molecule has 5 rings (SSSR count). The molecule has 30 heavy (non-hydrogen) atoms. The van der Waals surface area contributed by atoms with Crippen LogP contribution in [0, 0.1) is 11.6 Å². The van der Waals surface area contributed by atoms with Crippen molar-refractivity contribution in [2.24, 2.45) is 4.99 Å². The molecular formula is C22H21F2N3O3. The van der Waals surface area contributed by atoms with Gasteiger partial charge < -0.3 is 19.7 Å². The Morgan fingerprint density at radius 2 is 1.87 bits per heavy atom. The fourth-order valence-corrected chi connectivity index (χ4v) is 4.31. The van der Waals surface area contributed by atoms with E-state index in [0.29, 0.717) is 56.2 Å². The van der Waals surface area contributed by atoms with E-state index in [2.05, 4.69) is 10.3 Å². The minimum atomic E-state index is -0.839. The summed E-state index contributed by atoms with van der Waals surface area (Å²) in [5, 5.41) is 2.64. The van der Waals surface area contributed by atoms with Gasteiger partial charge in [-0.1, -0.05) is 6.07 Å². The molecule has 1 unspecified atom stereocenters. The number of nitrogens with one attached hydrogen (secondary N) is 1. The lowest BCUT2D eigenvalue weighted by Crippen LogP contribution is -2.45. The van der Waals surface area contributed by atoms with Crippen LogP contribution in [0.15, 0.2) is 41.4 Å². The second-order valence-corrected chi connectivity index (χ2v) is 7.68. The molecule has 0 aromatic heterocycles. The first-order valence-electron chi connectivity index (χ1n) is 10.0. The molecule has 8 heteroatoms. The van der Waals surface area contributed by atoms with Crippen LogP contribution in [-0.4, -0.2) is 44.2 Å². The molecule has 1 atom stereocenters. The maximum absolute atomic E-state index is 14.8. The standard InChI is InChI=1S/C22H21F2N3O3/c23-16-2-1-3-18-20(16)15(21(28)26-18)13-25-14-4-5-19(17(24)12-14)27-8-6-22(7-9-27)29-10-11-30-22/h1-5,12-13,15H,6-11H2,(H,26,28). The zero-order valence-electron chi connectivity index (χ0n) is 16.2. The van der Waals surface area contributed by atoms with Crippen LogP contribution >= 0.6 is 0 Å². The number of amides is 1. The van der Waals surface area contributed by atoms with Crippen LogP contribution in [0.4, 0.5) is 25.8 Å². The lowest BCUT2D eigenvalue weighted by atomic mass is 10.0. The quantitative estimate of drug-likeness (QED) is 0.779. The third-order valence-corrected chi connectivity index (χ3v) is 5.89. The lowest BCUT2D eigenvalue weighted by molar-refractivity contribution is -0.169. The summed E-state index contributed by atoms with van der Waals surface area (Å²) < 4.78 is 40.3. The van der Waals surface area contributed by atoms with Gasteiger partial charge in [0.15, 0.2) is 5.79 Å². The summed E-state index contributed by atoms with van der Waals surface area (Å²) in [6.45, 7) is 2.48. The highest BCUT2D eigenvalue weighted by Crippen LogP contribution is 2.36. The van der Waals surface area contributed by atoms with Crippen LogP contribution in [-0.2, 0) is 14.3 Å². The zero-order valence-corrected chi connectivity index (χ0v) is 16.2. The van der Waals surface area contributed by atoms with E-state index in [4.69, 9.17) is 9.47 Å². The SMILES string of the molecule is O=C1Nc2cccc(F)c2C1C=Nc1ccc(N2CCC3(CC2)OCCO3)c(F)c1. The largest absolute Gasteiger partial charge is 0.369 e. The number of hydrogen-bond acceptors (Lipinski definition) is 5. The molecule has 2 aromatic carbocycles. The Morgan fingerprint density at radius 3 is 2.60 bits per heavy atom. The maximum atomic E-state index is 14.8. The molecule has 1 spiro atoms. The number of fused-ring (bicyclic) bond motifs is 1. The number of hydrogen-bond donors (Lipinski definition) is 1. The summed E-state index contributed by atoms with van der Waals surface area (Å²) in [7, 11) is 0.